The normalized spacial score (nSPS) is 13.7. The van der Waals surface area contributed by atoms with Gasteiger partial charge in [-0.25, -0.2) is 0 Å². The van der Waals surface area contributed by atoms with Gasteiger partial charge in [0.25, 0.3) is 0 Å². The third kappa shape index (κ3) is 13.7. The minimum absolute atomic E-state index is 0.434. The lowest BCUT2D eigenvalue weighted by Gasteiger charge is -2.28. The van der Waals surface area contributed by atoms with Crippen molar-refractivity contribution in [2.75, 3.05) is 0 Å². The molecule has 5 heteroatoms. The van der Waals surface area contributed by atoms with Crippen molar-refractivity contribution in [1.82, 2.24) is 0 Å². The molecule has 0 bridgehead atoms. The molecule has 6 aromatic carbocycles. The van der Waals surface area contributed by atoms with Gasteiger partial charge in [-0.2, -0.15) is 4.57 Å². The van der Waals surface area contributed by atoms with Crippen LogP contribution in [0.25, 0.3) is 33.4 Å². The van der Waals surface area contributed by atoms with E-state index in [0.29, 0.717) is 35.0 Å². The SMILES string of the molecule is CCCCC(CC)Cc1cccc(-c2ccccc2)c1OP(=O)(Oc1c(CC(CC)CCCC)cccc1-c1ccccc1)Oc1c(CC(CC)CCCC)cccc1-c1ccccc1. The first-order valence-electron chi connectivity index (χ1n) is 25.0. The monoisotopic (exact) mass is 891 g/mol. The van der Waals surface area contributed by atoms with Gasteiger partial charge in [-0.3, -0.25) is 0 Å². The molecule has 0 radical (unpaired) electrons. The van der Waals surface area contributed by atoms with Gasteiger partial charge < -0.3 is 13.6 Å². The summed E-state index contributed by atoms with van der Waals surface area (Å²) in [7, 11) is -4.63. The van der Waals surface area contributed by atoms with Crippen LogP contribution in [-0.4, -0.2) is 0 Å². The zero-order valence-corrected chi connectivity index (χ0v) is 41.2. The topological polar surface area (TPSA) is 44.8 Å². The van der Waals surface area contributed by atoms with E-state index in [0.717, 1.165) is 146 Å². The van der Waals surface area contributed by atoms with Crippen LogP contribution < -0.4 is 13.6 Å². The van der Waals surface area contributed by atoms with Crippen LogP contribution in [0.5, 0.6) is 17.2 Å². The quantitative estimate of drug-likeness (QED) is 0.0483. The molecule has 0 aliphatic rings. The number of rotatable bonds is 27. The Morgan fingerprint density at radius 2 is 0.646 bits per heavy atom. The standard InChI is InChI=1S/C60H75O4P/c1-7-13-28-46(10-4)43-52-37-25-40-55(49-31-19-16-20-32-49)58(52)62-65(61,63-59-53(44-47(11-5)29-14-8-2)38-26-41-56(59)50-33-21-17-22-34-50)64-60-54(45-48(12-6)30-15-9-3)39-27-42-57(60)51-35-23-18-24-36-51/h16-27,31-42,46-48H,7-15,28-30,43-45H2,1-6H3. The van der Waals surface area contributed by atoms with E-state index in [1.165, 1.54) is 0 Å². The molecule has 6 rings (SSSR count). The Labute approximate surface area is 392 Å². The van der Waals surface area contributed by atoms with Gasteiger partial charge in [0.2, 0.25) is 0 Å². The minimum Gasteiger partial charge on any atom is -0.385 e. The van der Waals surface area contributed by atoms with Crippen molar-refractivity contribution in [3.05, 3.63) is 162 Å². The van der Waals surface area contributed by atoms with Crippen molar-refractivity contribution in [2.45, 2.75) is 138 Å². The molecule has 4 nitrogen and oxygen atoms in total. The van der Waals surface area contributed by atoms with Gasteiger partial charge in [0.1, 0.15) is 17.2 Å². The average Bonchev–Trinajstić information content (AvgIpc) is 3.34. The van der Waals surface area contributed by atoms with Gasteiger partial charge in [-0.15, -0.1) is 0 Å². The van der Waals surface area contributed by atoms with Crippen molar-refractivity contribution in [3.63, 3.8) is 0 Å². The second kappa shape index (κ2) is 25.6. The molecule has 0 aromatic heterocycles. The first-order valence-corrected chi connectivity index (χ1v) is 26.5. The summed E-state index contributed by atoms with van der Waals surface area (Å²) in [4.78, 5) is 0. The maximum absolute atomic E-state index is 16.8. The minimum atomic E-state index is -4.63. The van der Waals surface area contributed by atoms with Crippen molar-refractivity contribution in [1.29, 1.82) is 0 Å². The van der Waals surface area contributed by atoms with Crippen LogP contribution in [0, 0.1) is 17.8 Å². The lowest BCUT2D eigenvalue weighted by atomic mass is 9.90. The zero-order chi connectivity index (χ0) is 45.9. The highest BCUT2D eigenvalue weighted by Gasteiger charge is 2.39. The van der Waals surface area contributed by atoms with E-state index < -0.39 is 7.82 Å². The number of benzene rings is 6. The van der Waals surface area contributed by atoms with Crippen LogP contribution in [0.3, 0.4) is 0 Å². The highest BCUT2D eigenvalue weighted by Crippen LogP contribution is 2.57. The van der Waals surface area contributed by atoms with Gasteiger partial charge in [-0.1, -0.05) is 264 Å². The highest BCUT2D eigenvalue weighted by atomic mass is 31.2. The fourth-order valence-corrected chi connectivity index (χ4v) is 10.7. The second-order valence-electron chi connectivity index (χ2n) is 18.1. The largest absolute Gasteiger partial charge is 0.647 e. The van der Waals surface area contributed by atoms with Crippen LogP contribution in [-0.2, 0) is 23.8 Å². The first kappa shape index (κ1) is 49.4. The van der Waals surface area contributed by atoms with Gasteiger partial charge >= 0.3 is 7.82 Å². The van der Waals surface area contributed by atoms with Crippen molar-refractivity contribution >= 4 is 7.82 Å². The Kier molecular flexibility index (Phi) is 19.4. The molecule has 0 aliphatic carbocycles. The lowest BCUT2D eigenvalue weighted by Crippen LogP contribution is -2.14. The van der Waals surface area contributed by atoms with Crippen LogP contribution >= 0.6 is 7.82 Å². The fourth-order valence-electron chi connectivity index (χ4n) is 9.25. The molecule has 0 saturated carbocycles. The lowest BCUT2D eigenvalue weighted by molar-refractivity contribution is 0.294. The predicted octanol–water partition coefficient (Wildman–Crippen LogP) is 18.6. The Bertz CT molecular complexity index is 2090. The number of phosphoric acid groups is 1. The Morgan fingerprint density at radius 3 is 0.892 bits per heavy atom. The summed E-state index contributed by atoms with van der Waals surface area (Å²) in [5, 5.41) is 0. The van der Waals surface area contributed by atoms with Gasteiger partial charge in [-0.05, 0) is 70.4 Å². The molecule has 0 aliphatic heterocycles. The van der Waals surface area contributed by atoms with Gasteiger partial charge in [0, 0.05) is 16.7 Å². The molecule has 0 spiro atoms. The molecule has 0 amide bonds. The number of hydrogen-bond acceptors (Lipinski definition) is 4. The number of unbranched alkanes of at least 4 members (excludes halogenated alkanes) is 3. The second-order valence-corrected chi connectivity index (χ2v) is 19.5. The molecule has 3 unspecified atom stereocenters. The Hall–Kier alpha value is -5.05. The molecular weight excluding hydrogens is 816 g/mol. The van der Waals surface area contributed by atoms with Gasteiger partial charge in [0.05, 0.1) is 0 Å². The maximum Gasteiger partial charge on any atom is 0.647 e. The zero-order valence-electron chi connectivity index (χ0n) is 40.3. The number of phosphoric ester groups is 1. The fraction of sp³-hybridized carbons (Fsp3) is 0.400. The Morgan fingerprint density at radius 1 is 0.369 bits per heavy atom. The highest BCUT2D eigenvalue weighted by molar-refractivity contribution is 7.49. The molecule has 0 saturated heterocycles. The van der Waals surface area contributed by atoms with E-state index in [9.17, 15) is 0 Å². The number of para-hydroxylation sites is 3. The molecule has 0 fully saturated rings. The third-order valence-electron chi connectivity index (χ3n) is 13.3. The van der Waals surface area contributed by atoms with E-state index >= 15 is 4.57 Å². The number of hydrogen-bond donors (Lipinski definition) is 0. The van der Waals surface area contributed by atoms with Crippen molar-refractivity contribution < 1.29 is 18.1 Å². The molecule has 344 valence electrons. The summed E-state index contributed by atoms with van der Waals surface area (Å²) in [5.41, 5.74) is 8.56. The van der Waals surface area contributed by atoms with Gasteiger partial charge in [0.15, 0.2) is 0 Å². The van der Waals surface area contributed by atoms with Crippen LogP contribution in [0.1, 0.15) is 135 Å². The smallest absolute Gasteiger partial charge is 0.385 e. The molecule has 65 heavy (non-hydrogen) atoms. The van der Waals surface area contributed by atoms with Crippen molar-refractivity contribution in [3.8, 4) is 50.6 Å². The van der Waals surface area contributed by atoms with E-state index in [1.807, 2.05) is 54.6 Å². The Balaban J connectivity index is 1.61. The van der Waals surface area contributed by atoms with Crippen molar-refractivity contribution in [2.24, 2.45) is 17.8 Å². The summed E-state index contributed by atoms with van der Waals surface area (Å²) in [6.45, 7) is 13.6. The molecule has 3 atom stereocenters. The van der Waals surface area contributed by atoms with Crippen LogP contribution in [0.4, 0.5) is 0 Å². The van der Waals surface area contributed by atoms with Crippen LogP contribution in [0.2, 0.25) is 0 Å². The van der Waals surface area contributed by atoms with E-state index in [2.05, 4.69) is 133 Å². The summed E-state index contributed by atoms with van der Waals surface area (Å²) in [5.74, 6) is 2.96. The molecule has 6 aromatic rings. The predicted molar refractivity (Wildman–Crippen MR) is 276 cm³/mol. The molecule has 0 heterocycles. The van der Waals surface area contributed by atoms with E-state index in [1.54, 1.807) is 0 Å². The van der Waals surface area contributed by atoms with E-state index in [4.69, 9.17) is 13.6 Å². The summed E-state index contributed by atoms with van der Waals surface area (Å²) >= 11 is 0. The summed E-state index contributed by atoms with van der Waals surface area (Å²) < 4.78 is 38.7. The third-order valence-corrected chi connectivity index (χ3v) is 14.5. The first-order chi connectivity index (χ1) is 31.8. The summed E-state index contributed by atoms with van der Waals surface area (Å²) in [6, 6.07) is 50.0. The van der Waals surface area contributed by atoms with Crippen LogP contribution in [0.15, 0.2) is 146 Å². The van der Waals surface area contributed by atoms with E-state index in [-0.39, 0.29) is 0 Å². The molecule has 0 N–H and O–H groups in total. The molecular formula is C60H75O4P. The summed E-state index contributed by atoms with van der Waals surface area (Å²) in [6.07, 6.45) is 15.7. The maximum atomic E-state index is 16.8. The average molecular weight is 891 g/mol.